The molecule has 1 N–H and O–H groups in total. The zero-order chi connectivity index (χ0) is 11.5. The molecule has 0 aromatic heterocycles. The maximum Gasteiger partial charge on any atom is 0.317 e. The van der Waals surface area contributed by atoms with E-state index in [1.54, 1.807) is 7.11 Å². The number of hydrogen-bond donors (Lipinski definition) is 1. The van der Waals surface area contributed by atoms with E-state index in [1.807, 2.05) is 0 Å². The van der Waals surface area contributed by atoms with Crippen molar-refractivity contribution < 1.29 is 14.6 Å². The van der Waals surface area contributed by atoms with Gasteiger partial charge in [-0.25, -0.2) is 0 Å². The molecule has 16 heavy (non-hydrogen) atoms. The molecule has 2 unspecified atom stereocenters. The number of aliphatic carboxylic acids is 1. The topological polar surface area (TPSA) is 49.8 Å². The Hall–Kier alpha value is -0.610. The number of ether oxygens (including phenoxy) is 1. The summed E-state index contributed by atoms with van der Waals surface area (Å²) in [6.07, 6.45) is 7.07. The van der Waals surface area contributed by atoms with Crippen LogP contribution >= 0.6 is 0 Å². The van der Waals surface area contributed by atoms with E-state index in [1.165, 1.54) is 12.8 Å². The second kappa shape index (κ2) is 5.15. The highest BCUT2D eigenvalue weighted by molar-refractivity contribution is 5.69. The van der Waals surface area contributed by atoms with Crippen molar-refractivity contribution >= 4 is 5.97 Å². The van der Waals surface area contributed by atoms with Crippen molar-refractivity contribution in [1.82, 2.24) is 4.90 Å². The Kier molecular flexibility index (Phi) is 3.82. The van der Waals surface area contributed by atoms with E-state index in [0.717, 1.165) is 25.7 Å². The van der Waals surface area contributed by atoms with Gasteiger partial charge in [-0.1, -0.05) is 0 Å². The lowest BCUT2D eigenvalue weighted by Gasteiger charge is -2.36. The standard InChI is InChI=1S/C12H21NO3/c1-16-11-4-2-3-10(7-11)13(8-12(14)15)9-5-6-9/h9-11H,2-8H2,1H3,(H,14,15). The first-order chi connectivity index (χ1) is 7.70. The van der Waals surface area contributed by atoms with Gasteiger partial charge < -0.3 is 9.84 Å². The lowest BCUT2D eigenvalue weighted by Crippen LogP contribution is -2.44. The van der Waals surface area contributed by atoms with Gasteiger partial charge >= 0.3 is 5.97 Å². The first-order valence-corrected chi connectivity index (χ1v) is 6.21. The maximum absolute atomic E-state index is 10.9. The van der Waals surface area contributed by atoms with Crippen molar-refractivity contribution in [2.24, 2.45) is 0 Å². The smallest absolute Gasteiger partial charge is 0.317 e. The molecule has 0 radical (unpaired) electrons. The molecule has 0 aromatic rings. The molecule has 2 aliphatic carbocycles. The van der Waals surface area contributed by atoms with E-state index in [2.05, 4.69) is 4.90 Å². The average molecular weight is 227 g/mol. The summed E-state index contributed by atoms with van der Waals surface area (Å²) < 4.78 is 5.40. The quantitative estimate of drug-likeness (QED) is 0.773. The normalized spacial score (nSPS) is 30.6. The second-order valence-corrected chi connectivity index (χ2v) is 4.98. The van der Waals surface area contributed by atoms with Crippen molar-refractivity contribution in [1.29, 1.82) is 0 Å². The minimum Gasteiger partial charge on any atom is -0.480 e. The highest BCUT2D eigenvalue weighted by Gasteiger charge is 2.37. The van der Waals surface area contributed by atoms with Crippen LogP contribution in [0.4, 0.5) is 0 Å². The molecule has 0 aromatic carbocycles. The van der Waals surface area contributed by atoms with Gasteiger partial charge in [0.25, 0.3) is 0 Å². The number of carboxylic acids is 1. The van der Waals surface area contributed by atoms with Crippen LogP contribution in [0.5, 0.6) is 0 Å². The second-order valence-electron chi connectivity index (χ2n) is 4.98. The summed E-state index contributed by atoms with van der Waals surface area (Å²) in [4.78, 5) is 13.1. The molecular formula is C12H21NO3. The number of methoxy groups -OCH3 is 1. The van der Waals surface area contributed by atoms with Gasteiger partial charge in [-0.2, -0.15) is 0 Å². The Bertz CT molecular complexity index is 253. The summed E-state index contributed by atoms with van der Waals surface area (Å²) in [5.74, 6) is -0.702. The van der Waals surface area contributed by atoms with Crippen LogP contribution in [0.3, 0.4) is 0 Å². The van der Waals surface area contributed by atoms with Crippen LogP contribution in [-0.2, 0) is 9.53 Å². The van der Waals surface area contributed by atoms with E-state index in [-0.39, 0.29) is 6.54 Å². The Labute approximate surface area is 96.6 Å². The minimum absolute atomic E-state index is 0.200. The SMILES string of the molecule is COC1CCCC(N(CC(=O)O)C2CC2)C1. The van der Waals surface area contributed by atoms with Crippen LogP contribution in [0.2, 0.25) is 0 Å². The van der Waals surface area contributed by atoms with Gasteiger partial charge in [0.2, 0.25) is 0 Å². The van der Waals surface area contributed by atoms with Gasteiger partial charge in [-0.05, 0) is 38.5 Å². The molecule has 2 fully saturated rings. The van der Waals surface area contributed by atoms with Gasteiger partial charge in [-0.15, -0.1) is 0 Å². The third-order valence-electron chi connectivity index (χ3n) is 3.73. The maximum atomic E-state index is 10.9. The molecule has 4 nitrogen and oxygen atoms in total. The van der Waals surface area contributed by atoms with Gasteiger partial charge in [0.15, 0.2) is 0 Å². The number of carboxylic acid groups (broad SMARTS) is 1. The predicted molar refractivity (Wildman–Crippen MR) is 60.4 cm³/mol. The Balaban J connectivity index is 1.93. The van der Waals surface area contributed by atoms with Crippen molar-refractivity contribution in [3.8, 4) is 0 Å². The Morgan fingerprint density at radius 3 is 2.62 bits per heavy atom. The summed E-state index contributed by atoms with van der Waals surface area (Å²) >= 11 is 0. The van der Waals surface area contributed by atoms with Crippen molar-refractivity contribution in [3.05, 3.63) is 0 Å². The minimum atomic E-state index is -0.702. The molecule has 0 spiro atoms. The zero-order valence-corrected chi connectivity index (χ0v) is 9.89. The summed E-state index contributed by atoms with van der Waals surface area (Å²) in [5.41, 5.74) is 0. The fourth-order valence-electron chi connectivity index (χ4n) is 2.75. The molecule has 0 heterocycles. The van der Waals surface area contributed by atoms with Gasteiger partial charge in [0.05, 0.1) is 12.6 Å². The molecule has 92 valence electrons. The summed E-state index contributed by atoms with van der Waals surface area (Å²) in [7, 11) is 1.76. The average Bonchev–Trinajstić information content (AvgIpc) is 3.09. The predicted octanol–water partition coefficient (Wildman–Crippen LogP) is 1.49. The zero-order valence-electron chi connectivity index (χ0n) is 9.89. The third kappa shape index (κ3) is 2.95. The molecule has 0 aliphatic heterocycles. The number of nitrogens with zero attached hydrogens (tertiary/aromatic N) is 1. The van der Waals surface area contributed by atoms with Crippen LogP contribution in [0.15, 0.2) is 0 Å². The van der Waals surface area contributed by atoms with E-state index in [9.17, 15) is 4.79 Å². The largest absolute Gasteiger partial charge is 0.480 e. The number of carbonyl (C=O) groups is 1. The fraction of sp³-hybridized carbons (Fsp3) is 0.917. The highest BCUT2D eigenvalue weighted by atomic mass is 16.5. The molecule has 0 saturated heterocycles. The molecule has 0 bridgehead atoms. The van der Waals surface area contributed by atoms with Crippen molar-refractivity contribution in [2.45, 2.75) is 56.7 Å². The Morgan fingerprint density at radius 1 is 1.31 bits per heavy atom. The number of rotatable bonds is 5. The lowest BCUT2D eigenvalue weighted by atomic mass is 9.91. The number of hydrogen-bond acceptors (Lipinski definition) is 3. The molecule has 4 heteroatoms. The molecule has 2 aliphatic rings. The summed E-state index contributed by atoms with van der Waals surface area (Å²) in [6.45, 7) is 0.200. The van der Waals surface area contributed by atoms with E-state index < -0.39 is 5.97 Å². The molecular weight excluding hydrogens is 206 g/mol. The van der Waals surface area contributed by atoms with Gasteiger partial charge in [0, 0.05) is 19.2 Å². The van der Waals surface area contributed by atoms with Crippen LogP contribution in [0, 0.1) is 0 Å². The molecule has 2 rings (SSSR count). The van der Waals surface area contributed by atoms with Gasteiger partial charge in [-0.3, -0.25) is 9.69 Å². The van der Waals surface area contributed by atoms with Crippen LogP contribution < -0.4 is 0 Å². The van der Waals surface area contributed by atoms with Crippen molar-refractivity contribution in [2.75, 3.05) is 13.7 Å². The lowest BCUT2D eigenvalue weighted by molar-refractivity contribution is -0.139. The fourth-order valence-corrected chi connectivity index (χ4v) is 2.75. The van der Waals surface area contributed by atoms with Gasteiger partial charge in [0.1, 0.15) is 0 Å². The monoisotopic (exact) mass is 227 g/mol. The first kappa shape index (κ1) is 11.9. The third-order valence-corrected chi connectivity index (χ3v) is 3.73. The van der Waals surface area contributed by atoms with E-state index >= 15 is 0 Å². The highest BCUT2D eigenvalue weighted by Crippen LogP contribution is 2.34. The molecule has 2 atom stereocenters. The van der Waals surface area contributed by atoms with E-state index in [0.29, 0.717) is 18.2 Å². The molecule has 0 amide bonds. The molecule has 2 saturated carbocycles. The van der Waals surface area contributed by atoms with Crippen LogP contribution in [0.1, 0.15) is 38.5 Å². The van der Waals surface area contributed by atoms with E-state index in [4.69, 9.17) is 9.84 Å². The Morgan fingerprint density at radius 2 is 2.06 bits per heavy atom. The van der Waals surface area contributed by atoms with Crippen LogP contribution in [0.25, 0.3) is 0 Å². The first-order valence-electron chi connectivity index (χ1n) is 6.21. The van der Waals surface area contributed by atoms with Crippen LogP contribution in [-0.4, -0.2) is 47.8 Å². The summed E-state index contributed by atoms with van der Waals surface area (Å²) in [5, 5.41) is 8.94. The summed E-state index contributed by atoms with van der Waals surface area (Å²) in [6, 6.07) is 0.944. The van der Waals surface area contributed by atoms with Crippen molar-refractivity contribution in [3.63, 3.8) is 0 Å².